The van der Waals surface area contributed by atoms with E-state index in [4.69, 9.17) is 21.1 Å². The first kappa shape index (κ1) is 9.82. The maximum Gasteiger partial charge on any atom is 0.173 e. The van der Waals surface area contributed by atoms with Crippen molar-refractivity contribution in [2.45, 2.75) is 30.7 Å². The molecule has 1 saturated heterocycles. The lowest BCUT2D eigenvalue weighted by molar-refractivity contribution is -0.237. The van der Waals surface area contributed by atoms with Crippen LogP contribution in [0.1, 0.15) is 0 Å². The number of hydrogen-bond acceptors (Lipinski definition) is 5. The number of ether oxygens (including phenoxy) is 1. The maximum absolute atomic E-state index is 12.9. The van der Waals surface area contributed by atoms with Gasteiger partial charge < -0.3 is 25.8 Å². The van der Waals surface area contributed by atoms with Crippen molar-refractivity contribution in [2.75, 3.05) is 6.61 Å². The third-order valence-corrected chi connectivity index (χ3v) is 1.90. The van der Waals surface area contributed by atoms with Gasteiger partial charge in [0.25, 0.3) is 0 Å². The fourth-order valence-corrected chi connectivity index (χ4v) is 1.09. The second kappa shape index (κ2) is 3.63. The van der Waals surface area contributed by atoms with E-state index < -0.39 is 37.3 Å². The molecule has 0 aromatic rings. The first-order valence-electron chi connectivity index (χ1n) is 3.60. The minimum absolute atomic E-state index is 0.550. The minimum atomic E-state index is -1.77. The molecule has 1 aliphatic rings. The van der Waals surface area contributed by atoms with Crippen LogP contribution in [0.4, 0.5) is 4.39 Å². The summed E-state index contributed by atoms with van der Waals surface area (Å²) in [5.41, 5.74) is 5.14. The predicted molar refractivity (Wildman–Crippen MR) is 36.8 cm³/mol. The van der Waals surface area contributed by atoms with Crippen LogP contribution in [0.15, 0.2) is 0 Å². The summed E-state index contributed by atoms with van der Waals surface area (Å²) < 4.78 is 17.6. The molecule has 0 bridgehead atoms. The van der Waals surface area contributed by atoms with E-state index in [1.54, 1.807) is 0 Å². The van der Waals surface area contributed by atoms with E-state index in [-0.39, 0.29) is 0 Å². The smallest absolute Gasteiger partial charge is 0.173 e. The summed E-state index contributed by atoms with van der Waals surface area (Å²) >= 11 is 0. The lowest BCUT2D eigenvalue weighted by Gasteiger charge is -2.36. The molecule has 12 heavy (non-hydrogen) atoms. The highest BCUT2D eigenvalue weighted by Gasteiger charge is 2.42. The monoisotopic (exact) mass is 181 g/mol. The fourth-order valence-electron chi connectivity index (χ4n) is 1.09. The number of nitrogens with two attached hydrogens (primary N) is 1. The van der Waals surface area contributed by atoms with Gasteiger partial charge in [-0.15, -0.1) is 0 Å². The van der Waals surface area contributed by atoms with Crippen molar-refractivity contribution in [2.24, 2.45) is 5.73 Å². The molecule has 0 aliphatic carbocycles. The zero-order valence-corrected chi connectivity index (χ0v) is 6.30. The van der Waals surface area contributed by atoms with Crippen molar-refractivity contribution in [3.8, 4) is 0 Å². The highest BCUT2D eigenvalue weighted by Crippen LogP contribution is 2.20. The molecule has 0 aromatic carbocycles. The Kier molecular flexibility index (Phi) is 2.97. The zero-order valence-electron chi connectivity index (χ0n) is 6.30. The molecule has 0 aromatic heterocycles. The molecule has 0 saturated carbocycles. The molecule has 0 amide bonds. The Hall–Kier alpha value is -0.270. The van der Waals surface area contributed by atoms with Crippen LogP contribution in [-0.4, -0.2) is 52.6 Å². The van der Waals surface area contributed by atoms with Gasteiger partial charge in [0.2, 0.25) is 0 Å². The van der Waals surface area contributed by atoms with Gasteiger partial charge in [-0.3, -0.25) is 0 Å². The Morgan fingerprint density at radius 2 is 2.00 bits per heavy atom. The van der Waals surface area contributed by atoms with Gasteiger partial charge >= 0.3 is 0 Å². The van der Waals surface area contributed by atoms with E-state index in [1.165, 1.54) is 0 Å². The fraction of sp³-hybridized carbons (Fsp3) is 1.00. The van der Waals surface area contributed by atoms with Crippen LogP contribution in [0, 0.1) is 0 Å². The van der Waals surface area contributed by atoms with Crippen LogP contribution >= 0.6 is 0 Å². The van der Waals surface area contributed by atoms with Gasteiger partial charge in [-0.05, 0) is 0 Å². The normalized spacial score (nSPS) is 49.2. The summed E-state index contributed by atoms with van der Waals surface area (Å²) in [7, 11) is 0. The summed E-state index contributed by atoms with van der Waals surface area (Å²) in [4.78, 5) is 0. The van der Waals surface area contributed by atoms with E-state index >= 15 is 0 Å². The SMILES string of the molecule is N[C@H]1[C@@H](F)[C@H](O)[C@@H](CO)O[C@@H]1O. The summed E-state index contributed by atoms with van der Waals surface area (Å²) in [5, 5.41) is 26.6. The van der Waals surface area contributed by atoms with Crippen LogP contribution in [0.5, 0.6) is 0 Å². The molecule has 5 nitrogen and oxygen atoms in total. The average molecular weight is 181 g/mol. The molecule has 0 spiro atoms. The van der Waals surface area contributed by atoms with E-state index in [1.807, 2.05) is 0 Å². The van der Waals surface area contributed by atoms with Gasteiger partial charge in [0, 0.05) is 0 Å². The van der Waals surface area contributed by atoms with E-state index in [9.17, 15) is 4.39 Å². The largest absolute Gasteiger partial charge is 0.394 e. The summed E-state index contributed by atoms with van der Waals surface area (Å²) in [6, 6.07) is -1.26. The Bertz CT molecular complexity index is 154. The second-order valence-corrected chi connectivity index (χ2v) is 2.76. The second-order valence-electron chi connectivity index (χ2n) is 2.76. The quantitative estimate of drug-likeness (QED) is 0.365. The zero-order chi connectivity index (χ0) is 9.30. The topological polar surface area (TPSA) is 95.9 Å². The standard InChI is InChI=1S/C6H12FNO4/c7-3-4(8)6(11)12-2(1-9)5(3)10/h2-6,9-11H,1,8H2/t2-,3-,4+,5-,6+/m1/s1. The number of aliphatic hydroxyl groups excluding tert-OH is 3. The summed E-state index contributed by atoms with van der Waals surface area (Å²) in [5.74, 6) is 0. The van der Waals surface area contributed by atoms with Crippen LogP contribution in [0.2, 0.25) is 0 Å². The summed E-state index contributed by atoms with van der Waals surface area (Å²) in [6.45, 7) is -0.550. The van der Waals surface area contributed by atoms with Gasteiger partial charge in [-0.25, -0.2) is 4.39 Å². The lowest BCUT2D eigenvalue weighted by atomic mass is 9.99. The van der Waals surface area contributed by atoms with Crippen molar-refractivity contribution in [1.82, 2.24) is 0 Å². The third-order valence-electron chi connectivity index (χ3n) is 1.90. The Morgan fingerprint density at radius 3 is 2.50 bits per heavy atom. The van der Waals surface area contributed by atoms with Gasteiger partial charge in [0.1, 0.15) is 18.4 Å². The number of alkyl halides is 1. The first-order valence-corrected chi connectivity index (χ1v) is 3.60. The van der Waals surface area contributed by atoms with Gasteiger partial charge in [0.15, 0.2) is 6.29 Å². The third kappa shape index (κ3) is 1.57. The molecule has 1 rings (SSSR count). The van der Waals surface area contributed by atoms with E-state index in [0.29, 0.717) is 0 Å². The van der Waals surface area contributed by atoms with Gasteiger partial charge in [0.05, 0.1) is 12.6 Å². The highest BCUT2D eigenvalue weighted by atomic mass is 19.1. The Labute approximate surface area is 68.6 Å². The predicted octanol–water partition coefficient (Wildman–Crippen LogP) is -2.28. The molecule has 0 unspecified atom stereocenters. The van der Waals surface area contributed by atoms with Crippen LogP contribution in [0.3, 0.4) is 0 Å². The van der Waals surface area contributed by atoms with Gasteiger partial charge in [-0.1, -0.05) is 0 Å². The van der Waals surface area contributed by atoms with Crippen molar-refractivity contribution >= 4 is 0 Å². The molecule has 5 N–H and O–H groups in total. The van der Waals surface area contributed by atoms with Crippen LogP contribution in [0.25, 0.3) is 0 Å². The number of hydrogen-bond donors (Lipinski definition) is 4. The molecular formula is C6H12FNO4. The molecular weight excluding hydrogens is 169 g/mol. The molecule has 72 valence electrons. The molecule has 5 atom stereocenters. The highest BCUT2D eigenvalue weighted by molar-refractivity contribution is 4.90. The van der Waals surface area contributed by atoms with Crippen molar-refractivity contribution in [3.05, 3.63) is 0 Å². The maximum atomic E-state index is 12.9. The van der Waals surface area contributed by atoms with Crippen molar-refractivity contribution < 1.29 is 24.4 Å². The van der Waals surface area contributed by atoms with Crippen LogP contribution in [-0.2, 0) is 4.74 Å². The van der Waals surface area contributed by atoms with Gasteiger partial charge in [-0.2, -0.15) is 0 Å². The number of halogens is 1. The first-order chi connectivity index (χ1) is 5.57. The van der Waals surface area contributed by atoms with Crippen molar-refractivity contribution in [1.29, 1.82) is 0 Å². The molecule has 1 aliphatic heterocycles. The molecule has 1 heterocycles. The molecule has 6 heteroatoms. The number of aliphatic hydroxyl groups is 3. The number of rotatable bonds is 1. The Balaban J connectivity index is 2.63. The Morgan fingerprint density at radius 1 is 1.42 bits per heavy atom. The summed E-state index contributed by atoms with van der Waals surface area (Å²) in [6.07, 6.45) is -5.82. The van der Waals surface area contributed by atoms with Crippen molar-refractivity contribution in [3.63, 3.8) is 0 Å². The van der Waals surface area contributed by atoms with E-state index in [0.717, 1.165) is 0 Å². The van der Waals surface area contributed by atoms with Crippen LogP contribution < -0.4 is 5.73 Å². The molecule has 0 radical (unpaired) electrons. The molecule has 1 fully saturated rings. The average Bonchev–Trinajstić information content (AvgIpc) is 2.08. The lowest BCUT2D eigenvalue weighted by Crippen LogP contribution is -2.60. The minimum Gasteiger partial charge on any atom is -0.394 e. The van der Waals surface area contributed by atoms with E-state index in [2.05, 4.69) is 4.74 Å².